The van der Waals surface area contributed by atoms with E-state index in [0.717, 1.165) is 79.2 Å². The number of fused-ring (bicyclic) bond motifs is 6. The van der Waals surface area contributed by atoms with Gasteiger partial charge in [-0.2, -0.15) is 0 Å². The predicted molar refractivity (Wildman–Crippen MR) is 264 cm³/mol. The monoisotopic (exact) mass is 828 g/mol. The number of anilines is 2. The fraction of sp³-hybridized carbons (Fsp3) is 0.0862. The van der Waals surface area contributed by atoms with E-state index in [1.54, 1.807) is 0 Å². The van der Waals surface area contributed by atoms with Gasteiger partial charge in [0.1, 0.15) is 22.3 Å². The van der Waals surface area contributed by atoms with E-state index < -0.39 is 0 Å². The molecule has 2 heterocycles. The van der Waals surface area contributed by atoms with Crippen molar-refractivity contribution < 1.29 is 8.83 Å². The molecule has 0 radical (unpaired) electrons. The van der Waals surface area contributed by atoms with Crippen LogP contribution in [0.3, 0.4) is 0 Å². The van der Waals surface area contributed by atoms with Gasteiger partial charge in [0, 0.05) is 50.0 Å². The Hall–Kier alpha value is -8.09. The Bertz CT molecular complexity index is 3360. The Morgan fingerprint density at radius 1 is 0.625 bits per heavy atom. The maximum absolute atomic E-state index is 6.55. The quantitative estimate of drug-likeness (QED) is 0.107. The van der Waals surface area contributed by atoms with Gasteiger partial charge in [0.2, 0.25) is 0 Å². The minimum atomic E-state index is 0.0315. The largest absolute Gasteiger partial charge is 0.456 e. The SMILES string of the molecule is C=NC(=NC(=NCc1ccccc1)c1cccc2oc3c(c12)=CC(c1ccc(N(c2ccc(-c4ccccc4)cc2)C2CC=Cc4oc5ccccc5c42)cc1)CC=3)c1ccccc1. The number of nitrogens with zero attached hydrogens (tertiary/aromatic N) is 4. The summed E-state index contributed by atoms with van der Waals surface area (Å²) in [6.45, 7) is 4.35. The molecule has 2 aromatic heterocycles. The number of para-hydroxylation sites is 1. The van der Waals surface area contributed by atoms with Gasteiger partial charge >= 0.3 is 0 Å². The van der Waals surface area contributed by atoms with Gasteiger partial charge in [-0.05, 0) is 90.4 Å². The lowest BCUT2D eigenvalue weighted by molar-refractivity contribution is 0.570. The van der Waals surface area contributed by atoms with Gasteiger partial charge in [-0.25, -0.2) is 9.98 Å². The predicted octanol–water partition coefficient (Wildman–Crippen LogP) is 13.0. The molecule has 9 aromatic rings. The number of furan rings is 2. The van der Waals surface area contributed by atoms with E-state index >= 15 is 0 Å². The van der Waals surface area contributed by atoms with Crippen molar-refractivity contribution in [1.29, 1.82) is 0 Å². The number of rotatable bonds is 9. The maximum atomic E-state index is 6.55. The number of aliphatic imine (C=N–C) groups is 3. The van der Waals surface area contributed by atoms with Crippen LogP contribution in [0.2, 0.25) is 0 Å². The maximum Gasteiger partial charge on any atom is 0.161 e. The van der Waals surface area contributed by atoms with Crippen LogP contribution in [-0.4, -0.2) is 18.4 Å². The van der Waals surface area contributed by atoms with Gasteiger partial charge in [0.05, 0.1) is 12.6 Å². The number of amidine groups is 2. The zero-order valence-electron chi connectivity index (χ0n) is 35.2. The summed E-state index contributed by atoms with van der Waals surface area (Å²) in [6.07, 6.45) is 10.6. The molecule has 0 fully saturated rings. The highest BCUT2D eigenvalue weighted by Gasteiger charge is 2.30. The van der Waals surface area contributed by atoms with Gasteiger partial charge in [-0.3, -0.25) is 4.99 Å². The number of benzene rings is 7. The summed E-state index contributed by atoms with van der Waals surface area (Å²) in [7, 11) is 0. The third-order valence-electron chi connectivity index (χ3n) is 12.4. The molecule has 6 nitrogen and oxygen atoms in total. The van der Waals surface area contributed by atoms with E-state index in [9.17, 15) is 0 Å². The standard InChI is InChI=1S/C58H44N4O2/c1-59-57(43-19-9-4-10-20-43)61-58(60-38-39-15-5-2-6-16-39)48-22-13-25-53-55(48)49-37-44(31-36-52(49)64-53)42-29-34-46(35-30-42)62(45-32-27-41(28-33-45)40-17-7-3-8-18-40)50-23-14-26-54-56(50)47-21-11-12-24-51(47)63-54/h2-22,24-30,32-37,44,50H,1,23,31,38H2. The molecule has 2 aliphatic rings. The van der Waals surface area contributed by atoms with Crippen LogP contribution in [0.25, 0.3) is 51.3 Å². The number of hydrogen-bond donors (Lipinski definition) is 0. The Morgan fingerprint density at radius 2 is 1.30 bits per heavy atom. The highest BCUT2D eigenvalue weighted by Crippen LogP contribution is 2.45. The minimum absolute atomic E-state index is 0.0315. The van der Waals surface area contributed by atoms with Crippen molar-refractivity contribution in [1.82, 2.24) is 0 Å². The first-order valence-corrected chi connectivity index (χ1v) is 21.8. The van der Waals surface area contributed by atoms with Crippen molar-refractivity contribution in [3.63, 3.8) is 0 Å². The van der Waals surface area contributed by atoms with Crippen LogP contribution in [0.4, 0.5) is 11.4 Å². The normalized spacial score (nSPS) is 15.9. The first-order valence-electron chi connectivity index (χ1n) is 21.8. The third kappa shape index (κ3) is 7.39. The summed E-state index contributed by atoms with van der Waals surface area (Å²) in [5, 5.41) is 3.19. The molecule has 7 aromatic carbocycles. The van der Waals surface area contributed by atoms with Crippen LogP contribution >= 0.6 is 0 Å². The molecule has 0 amide bonds. The Labute approximate surface area is 371 Å². The highest BCUT2D eigenvalue weighted by molar-refractivity contribution is 6.17. The molecule has 11 rings (SSSR count). The molecule has 308 valence electrons. The van der Waals surface area contributed by atoms with Gasteiger partial charge in [0.25, 0.3) is 0 Å². The van der Waals surface area contributed by atoms with Gasteiger partial charge in [-0.15, -0.1) is 0 Å². The first kappa shape index (κ1) is 38.8. The second-order valence-corrected chi connectivity index (χ2v) is 16.3. The van der Waals surface area contributed by atoms with Crippen molar-refractivity contribution >= 4 is 69.9 Å². The van der Waals surface area contributed by atoms with E-state index in [1.165, 1.54) is 22.3 Å². The van der Waals surface area contributed by atoms with Gasteiger partial charge < -0.3 is 13.7 Å². The molecule has 0 saturated heterocycles. The molecular weight excluding hydrogens is 785 g/mol. The summed E-state index contributed by atoms with van der Waals surface area (Å²) in [5.74, 6) is 2.13. The van der Waals surface area contributed by atoms with E-state index in [2.05, 4.69) is 156 Å². The van der Waals surface area contributed by atoms with Crippen molar-refractivity contribution in [3.8, 4) is 11.1 Å². The van der Waals surface area contributed by atoms with Crippen molar-refractivity contribution in [2.75, 3.05) is 4.90 Å². The van der Waals surface area contributed by atoms with Crippen LogP contribution in [-0.2, 0) is 6.54 Å². The smallest absolute Gasteiger partial charge is 0.161 e. The van der Waals surface area contributed by atoms with E-state index in [-0.39, 0.29) is 12.0 Å². The summed E-state index contributed by atoms with van der Waals surface area (Å²) >= 11 is 0. The molecular formula is C58H44N4O2. The molecule has 0 aliphatic heterocycles. The molecule has 64 heavy (non-hydrogen) atoms. The van der Waals surface area contributed by atoms with Crippen molar-refractivity contribution in [3.05, 3.63) is 232 Å². The summed E-state index contributed by atoms with van der Waals surface area (Å²) in [4.78, 5) is 17.1. The second-order valence-electron chi connectivity index (χ2n) is 16.3. The topological polar surface area (TPSA) is 66.6 Å². The fourth-order valence-electron chi connectivity index (χ4n) is 9.28. The Balaban J connectivity index is 0.985. The minimum Gasteiger partial charge on any atom is -0.456 e. The summed E-state index contributed by atoms with van der Waals surface area (Å²) in [5.41, 5.74) is 12.5. The second kappa shape index (κ2) is 17.0. The molecule has 2 unspecified atom stereocenters. The molecule has 0 N–H and O–H groups in total. The van der Waals surface area contributed by atoms with Crippen LogP contribution in [0.15, 0.2) is 212 Å². The summed E-state index contributed by atoms with van der Waals surface area (Å²) in [6, 6.07) is 63.3. The molecule has 6 heteroatoms. The Kier molecular flexibility index (Phi) is 10.3. The highest BCUT2D eigenvalue weighted by atomic mass is 16.3. The van der Waals surface area contributed by atoms with Gasteiger partial charge in [-0.1, -0.05) is 158 Å². The van der Waals surface area contributed by atoms with E-state index in [4.69, 9.17) is 18.8 Å². The average molecular weight is 829 g/mol. The number of hydrogen-bond acceptors (Lipinski definition) is 4. The lowest BCUT2D eigenvalue weighted by atomic mass is 9.90. The molecule has 0 saturated carbocycles. The van der Waals surface area contributed by atoms with Crippen LogP contribution in [0.5, 0.6) is 0 Å². The third-order valence-corrected chi connectivity index (χ3v) is 12.4. The van der Waals surface area contributed by atoms with Crippen LogP contribution < -0.4 is 15.5 Å². The van der Waals surface area contributed by atoms with E-state index in [0.29, 0.717) is 18.2 Å². The molecule has 2 aliphatic carbocycles. The van der Waals surface area contributed by atoms with Crippen molar-refractivity contribution in [2.24, 2.45) is 15.0 Å². The molecule has 0 bridgehead atoms. The summed E-state index contributed by atoms with van der Waals surface area (Å²) < 4.78 is 13.0. The van der Waals surface area contributed by atoms with E-state index in [1.807, 2.05) is 66.7 Å². The molecule has 0 spiro atoms. The average Bonchev–Trinajstić information content (AvgIpc) is 3.94. The zero-order valence-corrected chi connectivity index (χ0v) is 35.2. The van der Waals surface area contributed by atoms with Crippen molar-refractivity contribution in [2.45, 2.75) is 31.3 Å². The lowest BCUT2D eigenvalue weighted by Crippen LogP contribution is -2.26. The molecule has 2 atom stereocenters. The zero-order chi connectivity index (χ0) is 42.8. The fourth-order valence-corrected chi connectivity index (χ4v) is 9.28. The van der Waals surface area contributed by atoms with Crippen LogP contribution in [0, 0.1) is 0 Å². The van der Waals surface area contributed by atoms with Gasteiger partial charge in [0.15, 0.2) is 11.7 Å². The van der Waals surface area contributed by atoms with Crippen LogP contribution in [0.1, 0.15) is 58.4 Å². The lowest BCUT2D eigenvalue weighted by Gasteiger charge is -2.35. The first-order chi connectivity index (χ1) is 31.7. The Morgan fingerprint density at radius 3 is 2.06 bits per heavy atom.